The number of rotatable bonds is 5. The van der Waals surface area contributed by atoms with E-state index in [9.17, 15) is 0 Å². The highest BCUT2D eigenvalue weighted by atomic mass is 35.5. The molecule has 0 bridgehead atoms. The summed E-state index contributed by atoms with van der Waals surface area (Å²) < 4.78 is 0. The van der Waals surface area contributed by atoms with Crippen LogP contribution in [0, 0.1) is 18.3 Å². The average Bonchev–Trinajstić information content (AvgIpc) is 2.62. The lowest BCUT2D eigenvalue weighted by Gasteiger charge is -2.08. The molecule has 0 saturated carbocycles. The summed E-state index contributed by atoms with van der Waals surface area (Å²) in [7, 11) is 0. The molecule has 2 aromatic carbocycles. The van der Waals surface area contributed by atoms with Gasteiger partial charge in [0.15, 0.2) is 0 Å². The minimum Gasteiger partial charge on any atom is -0.340 e. The molecule has 0 atom stereocenters. The summed E-state index contributed by atoms with van der Waals surface area (Å²) in [5.74, 6) is 0.837. The SMILES string of the molecule is Cc1cccc(Nc2cc(Cl)nc(N/N=C/c3ccc(C#N)cc3)n2)c1. The van der Waals surface area contributed by atoms with Gasteiger partial charge in [0.25, 0.3) is 0 Å². The van der Waals surface area contributed by atoms with Gasteiger partial charge in [-0.3, -0.25) is 0 Å². The maximum absolute atomic E-state index is 8.80. The number of hydrazone groups is 1. The van der Waals surface area contributed by atoms with E-state index in [4.69, 9.17) is 16.9 Å². The Morgan fingerprint density at radius 2 is 1.92 bits per heavy atom. The Balaban J connectivity index is 1.70. The summed E-state index contributed by atoms with van der Waals surface area (Å²) in [4.78, 5) is 8.44. The number of nitrogens with one attached hydrogen (secondary N) is 2. The van der Waals surface area contributed by atoms with Gasteiger partial charge in [-0.2, -0.15) is 20.3 Å². The van der Waals surface area contributed by atoms with Gasteiger partial charge in [0.05, 0.1) is 17.8 Å². The summed E-state index contributed by atoms with van der Waals surface area (Å²) in [5, 5.41) is 16.4. The van der Waals surface area contributed by atoms with Gasteiger partial charge < -0.3 is 5.32 Å². The van der Waals surface area contributed by atoms with Crippen LogP contribution in [0.1, 0.15) is 16.7 Å². The van der Waals surface area contributed by atoms with Crippen molar-refractivity contribution in [3.63, 3.8) is 0 Å². The highest BCUT2D eigenvalue weighted by Gasteiger charge is 2.03. The molecule has 0 aliphatic rings. The predicted octanol–water partition coefficient (Wildman–Crippen LogP) is 4.50. The smallest absolute Gasteiger partial charge is 0.246 e. The zero-order valence-electron chi connectivity index (χ0n) is 13.9. The van der Waals surface area contributed by atoms with E-state index in [1.54, 1.807) is 36.5 Å². The van der Waals surface area contributed by atoms with Crippen LogP contribution in [0.3, 0.4) is 0 Å². The second-order valence-electron chi connectivity index (χ2n) is 5.50. The quantitative estimate of drug-likeness (QED) is 0.396. The molecule has 1 aromatic heterocycles. The molecule has 128 valence electrons. The Kier molecular flexibility index (Phi) is 5.42. The van der Waals surface area contributed by atoms with Crippen LogP contribution in [-0.4, -0.2) is 16.2 Å². The van der Waals surface area contributed by atoms with Gasteiger partial charge in [-0.05, 0) is 42.3 Å². The summed E-state index contributed by atoms with van der Waals surface area (Å²) in [6, 6.07) is 18.7. The van der Waals surface area contributed by atoms with E-state index in [0.29, 0.717) is 16.5 Å². The molecule has 0 fully saturated rings. The van der Waals surface area contributed by atoms with Gasteiger partial charge in [-0.1, -0.05) is 35.9 Å². The van der Waals surface area contributed by atoms with E-state index >= 15 is 0 Å². The van der Waals surface area contributed by atoms with Gasteiger partial charge in [0, 0.05) is 11.8 Å². The van der Waals surface area contributed by atoms with Crippen LogP contribution in [0.15, 0.2) is 59.7 Å². The predicted molar refractivity (Wildman–Crippen MR) is 104 cm³/mol. The van der Waals surface area contributed by atoms with Crippen molar-refractivity contribution in [1.82, 2.24) is 9.97 Å². The van der Waals surface area contributed by atoms with Crippen molar-refractivity contribution in [2.24, 2.45) is 5.10 Å². The number of nitriles is 1. The number of hydrogen-bond donors (Lipinski definition) is 2. The zero-order chi connectivity index (χ0) is 18.4. The van der Waals surface area contributed by atoms with Crippen molar-refractivity contribution < 1.29 is 0 Å². The van der Waals surface area contributed by atoms with E-state index < -0.39 is 0 Å². The summed E-state index contributed by atoms with van der Waals surface area (Å²) >= 11 is 6.06. The van der Waals surface area contributed by atoms with Crippen molar-refractivity contribution >= 4 is 35.3 Å². The first kappa shape index (κ1) is 17.4. The molecule has 0 aliphatic heterocycles. The number of aromatic nitrogens is 2. The molecule has 6 nitrogen and oxygen atoms in total. The topological polar surface area (TPSA) is 86.0 Å². The Bertz CT molecular complexity index is 976. The van der Waals surface area contributed by atoms with Crippen molar-refractivity contribution in [2.75, 3.05) is 10.7 Å². The molecule has 3 rings (SSSR count). The first-order valence-electron chi connectivity index (χ1n) is 7.80. The van der Waals surface area contributed by atoms with E-state index in [-0.39, 0.29) is 5.95 Å². The monoisotopic (exact) mass is 362 g/mol. The lowest BCUT2D eigenvalue weighted by Crippen LogP contribution is -2.01. The third-order valence-corrected chi connectivity index (χ3v) is 3.60. The molecular formula is C19H15ClN6. The Morgan fingerprint density at radius 3 is 2.65 bits per heavy atom. The largest absolute Gasteiger partial charge is 0.340 e. The number of hydrogen-bond acceptors (Lipinski definition) is 6. The van der Waals surface area contributed by atoms with Crippen LogP contribution in [0.4, 0.5) is 17.5 Å². The van der Waals surface area contributed by atoms with Crippen LogP contribution in [-0.2, 0) is 0 Å². The maximum atomic E-state index is 8.80. The van der Waals surface area contributed by atoms with E-state index in [2.05, 4.69) is 31.9 Å². The molecule has 0 amide bonds. The fraction of sp³-hybridized carbons (Fsp3) is 0.0526. The van der Waals surface area contributed by atoms with Crippen LogP contribution >= 0.6 is 11.6 Å². The molecule has 1 heterocycles. The molecule has 0 aliphatic carbocycles. The molecule has 2 N–H and O–H groups in total. The number of anilines is 3. The maximum Gasteiger partial charge on any atom is 0.246 e. The molecule has 26 heavy (non-hydrogen) atoms. The third kappa shape index (κ3) is 4.79. The molecule has 7 heteroatoms. The van der Waals surface area contributed by atoms with Gasteiger partial charge in [-0.25, -0.2) is 5.43 Å². The average molecular weight is 363 g/mol. The van der Waals surface area contributed by atoms with Gasteiger partial charge in [-0.15, -0.1) is 0 Å². The van der Waals surface area contributed by atoms with Gasteiger partial charge in [0.1, 0.15) is 11.0 Å². The van der Waals surface area contributed by atoms with Crippen LogP contribution in [0.2, 0.25) is 5.15 Å². The molecule has 3 aromatic rings. The highest BCUT2D eigenvalue weighted by Crippen LogP contribution is 2.19. The van der Waals surface area contributed by atoms with E-state index in [1.807, 2.05) is 31.2 Å². The first-order chi connectivity index (χ1) is 12.6. The number of aryl methyl sites for hydroxylation is 1. The summed E-state index contributed by atoms with van der Waals surface area (Å²) in [6.45, 7) is 2.02. The van der Waals surface area contributed by atoms with Crippen LogP contribution < -0.4 is 10.7 Å². The van der Waals surface area contributed by atoms with Crippen LogP contribution in [0.5, 0.6) is 0 Å². The summed E-state index contributed by atoms with van der Waals surface area (Å²) in [6.07, 6.45) is 1.61. The van der Waals surface area contributed by atoms with Crippen molar-refractivity contribution in [3.05, 3.63) is 76.4 Å². The molecular weight excluding hydrogens is 348 g/mol. The van der Waals surface area contributed by atoms with Crippen molar-refractivity contribution in [2.45, 2.75) is 6.92 Å². The lowest BCUT2D eigenvalue weighted by molar-refractivity contribution is 1.12. The number of halogens is 1. The van der Waals surface area contributed by atoms with Crippen molar-refractivity contribution in [3.8, 4) is 6.07 Å². The lowest BCUT2D eigenvalue weighted by atomic mass is 10.2. The standard InChI is InChI=1S/C19H15ClN6/c1-13-3-2-4-16(9-13)23-18-10-17(20)24-19(25-18)26-22-12-15-7-5-14(11-21)6-8-15/h2-10,12H,1H3,(H2,23,24,25,26)/b22-12+. The fourth-order valence-corrected chi connectivity index (χ4v) is 2.39. The molecule has 0 radical (unpaired) electrons. The summed E-state index contributed by atoms with van der Waals surface area (Å²) in [5.41, 5.74) is 6.25. The Labute approximate surface area is 156 Å². The number of benzene rings is 2. The fourth-order valence-electron chi connectivity index (χ4n) is 2.21. The van der Waals surface area contributed by atoms with Crippen molar-refractivity contribution in [1.29, 1.82) is 5.26 Å². The highest BCUT2D eigenvalue weighted by molar-refractivity contribution is 6.29. The Hall–Kier alpha value is -3.43. The first-order valence-corrected chi connectivity index (χ1v) is 8.18. The Morgan fingerprint density at radius 1 is 1.12 bits per heavy atom. The normalized spacial score (nSPS) is 10.5. The molecule has 0 spiro atoms. The van der Waals surface area contributed by atoms with Gasteiger partial charge in [0.2, 0.25) is 5.95 Å². The third-order valence-electron chi connectivity index (χ3n) is 3.40. The second kappa shape index (κ2) is 8.10. The minimum absolute atomic E-state index is 0.276. The van der Waals surface area contributed by atoms with E-state index in [1.165, 1.54) is 0 Å². The number of nitrogens with zero attached hydrogens (tertiary/aromatic N) is 4. The zero-order valence-corrected chi connectivity index (χ0v) is 14.7. The molecule has 0 saturated heterocycles. The second-order valence-corrected chi connectivity index (χ2v) is 5.89. The molecule has 0 unspecified atom stereocenters. The van der Waals surface area contributed by atoms with Crippen LogP contribution in [0.25, 0.3) is 0 Å². The minimum atomic E-state index is 0.276. The van der Waals surface area contributed by atoms with E-state index in [0.717, 1.165) is 16.8 Å². The van der Waals surface area contributed by atoms with Gasteiger partial charge >= 0.3 is 0 Å².